The third kappa shape index (κ3) is 4.66. The molecular formula is C24H28B2O6. The Kier molecular flexibility index (Phi) is 6.40. The van der Waals surface area contributed by atoms with Gasteiger partial charge in [-0.1, -0.05) is 48.5 Å². The summed E-state index contributed by atoms with van der Waals surface area (Å²) in [5, 5.41) is 22.6. The van der Waals surface area contributed by atoms with Crippen LogP contribution in [0.1, 0.15) is 41.5 Å². The van der Waals surface area contributed by atoms with Crippen LogP contribution in [-0.2, 0) is 18.9 Å². The van der Waals surface area contributed by atoms with E-state index in [0.717, 1.165) is 0 Å². The quantitative estimate of drug-likeness (QED) is 0.485. The standard InChI is InChI=1S/C24H28B2O6/c1-23(2,3)21(27)31-26(32-22(28)24(4,5)6)20-17-13-9-7-11-15(17)19(25(29)30)16-12-8-10-14-18(16)20/h7-14,29-30H,1-6H3. The molecule has 3 aromatic rings. The molecule has 0 bridgehead atoms. The summed E-state index contributed by atoms with van der Waals surface area (Å²) in [5.74, 6) is -1.05. The molecule has 0 saturated heterocycles. The average Bonchev–Trinajstić information content (AvgIpc) is 2.69. The van der Waals surface area contributed by atoms with E-state index in [1.54, 1.807) is 90.1 Å². The Morgan fingerprint density at radius 3 is 1.25 bits per heavy atom. The maximum absolute atomic E-state index is 12.8. The lowest BCUT2D eigenvalue weighted by Crippen LogP contribution is -2.47. The molecular weight excluding hydrogens is 406 g/mol. The highest BCUT2D eigenvalue weighted by molar-refractivity contribution is 6.73. The van der Waals surface area contributed by atoms with Gasteiger partial charge in [-0.2, -0.15) is 0 Å². The van der Waals surface area contributed by atoms with Crippen molar-refractivity contribution in [2.24, 2.45) is 10.8 Å². The van der Waals surface area contributed by atoms with Gasteiger partial charge in [-0.3, -0.25) is 9.59 Å². The van der Waals surface area contributed by atoms with E-state index in [1.807, 2.05) is 0 Å². The number of hydrogen-bond donors (Lipinski definition) is 2. The first-order chi connectivity index (χ1) is 14.8. The predicted molar refractivity (Wildman–Crippen MR) is 128 cm³/mol. The minimum Gasteiger partial charge on any atom is -0.495 e. The van der Waals surface area contributed by atoms with Crippen LogP contribution in [0.5, 0.6) is 0 Å². The topological polar surface area (TPSA) is 93.1 Å². The lowest BCUT2D eigenvalue weighted by Gasteiger charge is -2.26. The smallest absolute Gasteiger partial charge is 0.495 e. The predicted octanol–water partition coefficient (Wildman–Crippen LogP) is 2.55. The van der Waals surface area contributed by atoms with Crippen LogP contribution in [-0.4, -0.2) is 36.2 Å². The fourth-order valence-corrected chi connectivity index (χ4v) is 3.42. The van der Waals surface area contributed by atoms with Gasteiger partial charge in [0, 0.05) is 5.46 Å². The van der Waals surface area contributed by atoms with Gasteiger partial charge >= 0.3 is 14.2 Å². The summed E-state index contributed by atoms with van der Waals surface area (Å²) < 4.78 is 11.6. The zero-order chi connectivity index (χ0) is 23.8. The maximum atomic E-state index is 12.8. The molecule has 32 heavy (non-hydrogen) atoms. The molecule has 0 radical (unpaired) electrons. The van der Waals surface area contributed by atoms with E-state index in [1.165, 1.54) is 0 Å². The van der Waals surface area contributed by atoms with Gasteiger partial charge < -0.3 is 19.4 Å². The van der Waals surface area contributed by atoms with Crippen molar-refractivity contribution in [3.8, 4) is 0 Å². The summed E-state index contributed by atoms with van der Waals surface area (Å²) in [6, 6.07) is 14.2. The number of carbonyl (C=O) groups is 2. The van der Waals surface area contributed by atoms with Crippen LogP contribution in [0.15, 0.2) is 48.5 Å². The van der Waals surface area contributed by atoms with E-state index >= 15 is 0 Å². The van der Waals surface area contributed by atoms with Crippen molar-refractivity contribution in [3.63, 3.8) is 0 Å². The molecule has 0 atom stereocenters. The van der Waals surface area contributed by atoms with Crippen molar-refractivity contribution in [1.82, 2.24) is 0 Å². The van der Waals surface area contributed by atoms with E-state index in [2.05, 4.69) is 0 Å². The first kappa shape index (κ1) is 23.8. The third-order valence-corrected chi connectivity index (χ3v) is 5.16. The van der Waals surface area contributed by atoms with E-state index in [0.29, 0.717) is 32.5 Å². The summed E-state index contributed by atoms with van der Waals surface area (Å²) in [6.45, 7) is 10.3. The number of fused-ring (bicyclic) bond motifs is 2. The van der Waals surface area contributed by atoms with Crippen LogP contribution < -0.4 is 10.9 Å². The highest BCUT2D eigenvalue weighted by atomic mass is 16.6. The summed E-state index contributed by atoms with van der Waals surface area (Å²) >= 11 is 0. The number of hydrogen-bond acceptors (Lipinski definition) is 6. The number of carbonyl (C=O) groups excluding carboxylic acids is 2. The van der Waals surface area contributed by atoms with Crippen LogP contribution >= 0.6 is 0 Å². The largest absolute Gasteiger partial charge is 0.637 e. The molecule has 8 heteroatoms. The number of rotatable bonds is 4. The van der Waals surface area contributed by atoms with Gasteiger partial charge in [-0.05, 0) is 68.6 Å². The zero-order valence-electron chi connectivity index (χ0n) is 19.3. The third-order valence-electron chi connectivity index (χ3n) is 5.16. The molecule has 0 spiro atoms. The van der Waals surface area contributed by atoms with E-state index in [4.69, 9.17) is 9.31 Å². The van der Waals surface area contributed by atoms with Gasteiger partial charge in [0.1, 0.15) is 0 Å². The van der Waals surface area contributed by atoms with Crippen molar-refractivity contribution >= 4 is 58.6 Å². The molecule has 0 heterocycles. The highest BCUT2D eigenvalue weighted by Gasteiger charge is 2.40. The average molecular weight is 434 g/mol. The Morgan fingerprint density at radius 1 is 0.656 bits per heavy atom. The van der Waals surface area contributed by atoms with Crippen LogP contribution in [0, 0.1) is 10.8 Å². The molecule has 2 N–H and O–H groups in total. The summed E-state index contributed by atoms with van der Waals surface area (Å²) in [6.07, 6.45) is 0. The van der Waals surface area contributed by atoms with Crippen LogP contribution in [0.4, 0.5) is 0 Å². The maximum Gasteiger partial charge on any atom is 0.637 e. The molecule has 0 saturated carbocycles. The molecule has 0 aliphatic heterocycles. The Bertz CT molecular complexity index is 1090. The van der Waals surface area contributed by atoms with Crippen LogP contribution in [0.3, 0.4) is 0 Å². The first-order valence-electron chi connectivity index (χ1n) is 10.5. The van der Waals surface area contributed by atoms with Gasteiger partial charge in [-0.15, -0.1) is 0 Å². The number of benzene rings is 3. The molecule has 3 aromatic carbocycles. The van der Waals surface area contributed by atoms with Crippen LogP contribution in [0.25, 0.3) is 21.5 Å². The van der Waals surface area contributed by atoms with E-state index < -0.39 is 37.0 Å². The van der Waals surface area contributed by atoms with Gasteiger partial charge in [0.15, 0.2) is 0 Å². The SMILES string of the molecule is CC(C)(C)C(=O)OB(OC(=O)C(C)(C)C)c1c2ccccc2c(B(O)O)c2ccccc12. The molecule has 6 nitrogen and oxygen atoms in total. The first-order valence-corrected chi connectivity index (χ1v) is 10.5. The molecule has 0 aliphatic carbocycles. The monoisotopic (exact) mass is 434 g/mol. The summed E-state index contributed by atoms with van der Waals surface area (Å²) in [4.78, 5) is 25.7. The second kappa shape index (κ2) is 8.60. The minimum absolute atomic E-state index is 0.336. The van der Waals surface area contributed by atoms with E-state index in [-0.39, 0.29) is 0 Å². The highest BCUT2D eigenvalue weighted by Crippen LogP contribution is 2.24. The molecule has 3 rings (SSSR count). The zero-order valence-corrected chi connectivity index (χ0v) is 19.3. The summed E-state index contributed by atoms with van der Waals surface area (Å²) in [7, 11) is -3.03. The van der Waals surface area contributed by atoms with Crippen LogP contribution in [0.2, 0.25) is 0 Å². The van der Waals surface area contributed by atoms with Gasteiger partial charge in [0.05, 0.1) is 10.8 Å². The van der Waals surface area contributed by atoms with Crippen molar-refractivity contribution in [3.05, 3.63) is 48.5 Å². The summed E-state index contributed by atoms with van der Waals surface area (Å²) in [5.41, 5.74) is -0.822. The van der Waals surface area contributed by atoms with Gasteiger partial charge in [0.2, 0.25) is 0 Å². The minimum atomic E-state index is -1.72. The Labute approximate surface area is 188 Å². The lowest BCUT2D eigenvalue weighted by atomic mass is 9.66. The normalized spacial score (nSPS) is 12.0. The molecule has 0 amide bonds. The van der Waals surface area contributed by atoms with Gasteiger partial charge in [-0.25, -0.2) is 0 Å². The molecule has 0 unspecified atom stereocenters. The molecule has 0 aliphatic rings. The second-order valence-electron chi connectivity index (χ2n) is 9.93. The van der Waals surface area contributed by atoms with Crippen molar-refractivity contribution < 1.29 is 28.9 Å². The Hall–Kier alpha value is -2.83. The molecule has 166 valence electrons. The fraction of sp³-hybridized carbons (Fsp3) is 0.333. The van der Waals surface area contributed by atoms with Crippen molar-refractivity contribution in [2.75, 3.05) is 0 Å². The molecule has 0 aromatic heterocycles. The Balaban J connectivity index is 2.35. The molecule has 0 fully saturated rings. The fourth-order valence-electron chi connectivity index (χ4n) is 3.42. The Morgan fingerprint density at radius 2 is 0.969 bits per heavy atom. The van der Waals surface area contributed by atoms with Gasteiger partial charge in [0.25, 0.3) is 11.9 Å². The van der Waals surface area contributed by atoms with Crippen molar-refractivity contribution in [1.29, 1.82) is 0 Å². The van der Waals surface area contributed by atoms with E-state index in [9.17, 15) is 19.6 Å². The lowest BCUT2D eigenvalue weighted by molar-refractivity contribution is -0.149. The van der Waals surface area contributed by atoms with Crippen molar-refractivity contribution in [2.45, 2.75) is 41.5 Å². The second-order valence-corrected chi connectivity index (χ2v) is 9.93.